The van der Waals surface area contributed by atoms with E-state index in [0.717, 1.165) is 26.2 Å². The molecular formula is C15H20F2N2. The highest BCUT2D eigenvalue weighted by Gasteiger charge is 2.24. The molecule has 3 rings (SSSR count). The number of fused-ring (bicyclic) bond motifs is 1. The third kappa shape index (κ3) is 2.79. The zero-order valence-corrected chi connectivity index (χ0v) is 11.1. The molecule has 1 N–H and O–H groups in total. The van der Waals surface area contributed by atoms with E-state index >= 15 is 0 Å². The van der Waals surface area contributed by atoms with Gasteiger partial charge in [0.1, 0.15) is 11.6 Å². The van der Waals surface area contributed by atoms with Gasteiger partial charge in [-0.3, -0.25) is 4.90 Å². The predicted octanol–water partition coefficient (Wildman–Crippen LogP) is 2.32. The van der Waals surface area contributed by atoms with Crippen LogP contribution in [0.2, 0.25) is 0 Å². The molecule has 0 bridgehead atoms. The summed E-state index contributed by atoms with van der Waals surface area (Å²) in [6, 6.07) is 2.50. The molecule has 0 saturated carbocycles. The number of nitrogens with one attached hydrogen (secondary N) is 1. The van der Waals surface area contributed by atoms with Gasteiger partial charge in [0.15, 0.2) is 0 Å². The first-order valence-electron chi connectivity index (χ1n) is 7.13. The smallest absolute Gasteiger partial charge is 0.128 e. The van der Waals surface area contributed by atoms with Gasteiger partial charge in [0, 0.05) is 25.2 Å². The molecule has 1 aromatic carbocycles. The maximum atomic E-state index is 13.8. The Morgan fingerprint density at radius 2 is 1.79 bits per heavy atom. The van der Waals surface area contributed by atoms with E-state index in [4.69, 9.17) is 0 Å². The van der Waals surface area contributed by atoms with E-state index in [0.29, 0.717) is 30.0 Å². The van der Waals surface area contributed by atoms with Crippen molar-refractivity contribution in [3.8, 4) is 0 Å². The van der Waals surface area contributed by atoms with Crippen molar-refractivity contribution in [2.45, 2.75) is 25.8 Å². The van der Waals surface area contributed by atoms with E-state index in [1.54, 1.807) is 0 Å². The van der Waals surface area contributed by atoms with E-state index in [1.807, 2.05) is 0 Å². The molecular weight excluding hydrogens is 246 g/mol. The Balaban J connectivity index is 1.69. The summed E-state index contributed by atoms with van der Waals surface area (Å²) < 4.78 is 27.4. The van der Waals surface area contributed by atoms with Crippen molar-refractivity contribution in [2.24, 2.45) is 5.92 Å². The average Bonchev–Trinajstić information content (AvgIpc) is 2.44. The summed E-state index contributed by atoms with van der Waals surface area (Å²) in [5, 5.41) is 3.36. The van der Waals surface area contributed by atoms with Crippen molar-refractivity contribution < 1.29 is 8.78 Å². The monoisotopic (exact) mass is 266 g/mol. The minimum absolute atomic E-state index is 0.252. The van der Waals surface area contributed by atoms with Gasteiger partial charge in [0.2, 0.25) is 0 Å². The highest BCUT2D eigenvalue weighted by atomic mass is 19.1. The summed E-state index contributed by atoms with van der Waals surface area (Å²) in [5.74, 6) is 0.184. The molecule has 0 spiro atoms. The standard InChI is InChI=1S/C15H20F2N2/c16-14-1-2-15(17)13-10-19(8-5-12(13)14)9-11-3-6-18-7-4-11/h1-2,11,18H,3-10H2. The summed E-state index contributed by atoms with van der Waals surface area (Å²) in [7, 11) is 0. The van der Waals surface area contributed by atoms with Gasteiger partial charge in [-0.2, -0.15) is 0 Å². The molecule has 2 aliphatic rings. The van der Waals surface area contributed by atoms with Crippen LogP contribution in [0.1, 0.15) is 24.0 Å². The summed E-state index contributed by atoms with van der Waals surface area (Å²) >= 11 is 0. The second-order valence-electron chi connectivity index (χ2n) is 5.66. The van der Waals surface area contributed by atoms with Crippen molar-refractivity contribution in [1.29, 1.82) is 0 Å². The molecule has 1 fully saturated rings. The molecule has 0 aliphatic carbocycles. The lowest BCUT2D eigenvalue weighted by molar-refractivity contribution is 0.187. The summed E-state index contributed by atoms with van der Waals surface area (Å²) in [6.45, 7) is 4.58. The van der Waals surface area contributed by atoms with Gasteiger partial charge in [-0.1, -0.05) is 0 Å². The van der Waals surface area contributed by atoms with Gasteiger partial charge in [0.05, 0.1) is 0 Å². The fourth-order valence-electron chi connectivity index (χ4n) is 3.23. The van der Waals surface area contributed by atoms with E-state index in [-0.39, 0.29) is 11.6 Å². The SMILES string of the molecule is Fc1ccc(F)c2c1CCN(CC1CCNCC1)C2. The van der Waals surface area contributed by atoms with Crippen LogP contribution in [0.15, 0.2) is 12.1 Å². The summed E-state index contributed by atoms with van der Waals surface area (Å²) in [6.07, 6.45) is 3.01. The van der Waals surface area contributed by atoms with E-state index < -0.39 is 0 Å². The van der Waals surface area contributed by atoms with Crippen LogP contribution in [0, 0.1) is 17.6 Å². The molecule has 4 heteroatoms. The van der Waals surface area contributed by atoms with E-state index in [9.17, 15) is 8.78 Å². The molecule has 2 heterocycles. The fourth-order valence-corrected chi connectivity index (χ4v) is 3.23. The van der Waals surface area contributed by atoms with E-state index in [1.165, 1.54) is 25.0 Å². The van der Waals surface area contributed by atoms with Crippen molar-refractivity contribution in [2.75, 3.05) is 26.2 Å². The van der Waals surface area contributed by atoms with Crippen LogP contribution in [0.3, 0.4) is 0 Å². The minimum Gasteiger partial charge on any atom is -0.317 e. The number of hydrogen-bond donors (Lipinski definition) is 1. The van der Waals surface area contributed by atoms with Crippen LogP contribution in [0.5, 0.6) is 0 Å². The molecule has 19 heavy (non-hydrogen) atoms. The molecule has 0 amide bonds. The topological polar surface area (TPSA) is 15.3 Å². The average molecular weight is 266 g/mol. The Bertz CT molecular complexity index is 456. The highest BCUT2D eigenvalue weighted by Crippen LogP contribution is 2.26. The molecule has 2 aliphatic heterocycles. The quantitative estimate of drug-likeness (QED) is 0.884. The third-order valence-electron chi connectivity index (χ3n) is 4.35. The second-order valence-corrected chi connectivity index (χ2v) is 5.66. The Morgan fingerprint density at radius 1 is 1.11 bits per heavy atom. The predicted molar refractivity (Wildman–Crippen MR) is 70.9 cm³/mol. The molecule has 104 valence electrons. The normalized spacial score (nSPS) is 21.4. The Kier molecular flexibility index (Phi) is 3.80. The van der Waals surface area contributed by atoms with Gasteiger partial charge in [-0.15, -0.1) is 0 Å². The van der Waals surface area contributed by atoms with Gasteiger partial charge in [-0.25, -0.2) is 8.78 Å². The lowest BCUT2D eigenvalue weighted by Gasteiger charge is -2.33. The number of benzene rings is 1. The molecule has 0 radical (unpaired) electrons. The molecule has 0 unspecified atom stereocenters. The van der Waals surface area contributed by atoms with Crippen molar-refractivity contribution in [1.82, 2.24) is 10.2 Å². The van der Waals surface area contributed by atoms with Crippen LogP contribution in [0.4, 0.5) is 8.78 Å². The Morgan fingerprint density at radius 3 is 2.53 bits per heavy atom. The highest BCUT2D eigenvalue weighted by molar-refractivity contribution is 5.32. The van der Waals surface area contributed by atoms with Gasteiger partial charge < -0.3 is 5.32 Å². The van der Waals surface area contributed by atoms with Crippen molar-refractivity contribution in [3.05, 3.63) is 34.9 Å². The lowest BCUT2D eigenvalue weighted by atomic mass is 9.94. The number of hydrogen-bond acceptors (Lipinski definition) is 2. The molecule has 1 aromatic rings. The van der Waals surface area contributed by atoms with Crippen LogP contribution in [0.25, 0.3) is 0 Å². The maximum Gasteiger partial charge on any atom is 0.128 e. The summed E-state index contributed by atoms with van der Waals surface area (Å²) in [5.41, 5.74) is 1.15. The lowest BCUT2D eigenvalue weighted by Crippen LogP contribution is -2.39. The first-order chi connectivity index (χ1) is 9.24. The van der Waals surface area contributed by atoms with Crippen molar-refractivity contribution >= 4 is 0 Å². The number of nitrogens with zero attached hydrogens (tertiary/aromatic N) is 1. The number of piperidine rings is 1. The third-order valence-corrected chi connectivity index (χ3v) is 4.35. The van der Waals surface area contributed by atoms with Crippen LogP contribution < -0.4 is 5.32 Å². The zero-order valence-electron chi connectivity index (χ0n) is 11.1. The van der Waals surface area contributed by atoms with Crippen LogP contribution >= 0.6 is 0 Å². The van der Waals surface area contributed by atoms with Crippen LogP contribution in [-0.4, -0.2) is 31.1 Å². The number of rotatable bonds is 2. The fraction of sp³-hybridized carbons (Fsp3) is 0.600. The second kappa shape index (κ2) is 5.55. The maximum absolute atomic E-state index is 13.8. The first-order valence-corrected chi connectivity index (χ1v) is 7.13. The zero-order chi connectivity index (χ0) is 13.2. The largest absolute Gasteiger partial charge is 0.317 e. The first kappa shape index (κ1) is 13.0. The molecule has 1 saturated heterocycles. The minimum atomic E-state index is -0.258. The molecule has 2 nitrogen and oxygen atoms in total. The van der Waals surface area contributed by atoms with Crippen molar-refractivity contribution in [3.63, 3.8) is 0 Å². The Labute approximate surface area is 112 Å². The number of halogens is 2. The summed E-state index contributed by atoms with van der Waals surface area (Å²) in [4.78, 5) is 2.28. The molecule has 0 atom stereocenters. The van der Waals surface area contributed by atoms with Gasteiger partial charge >= 0.3 is 0 Å². The van der Waals surface area contributed by atoms with Gasteiger partial charge in [0.25, 0.3) is 0 Å². The molecule has 0 aromatic heterocycles. The van der Waals surface area contributed by atoms with Crippen LogP contribution in [-0.2, 0) is 13.0 Å². The van der Waals surface area contributed by atoms with Gasteiger partial charge in [-0.05, 0) is 56.0 Å². The van der Waals surface area contributed by atoms with E-state index in [2.05, 4.69) is 10.2 Å². The Hall–Kier alpha value is -1.00.